The Labute approximate surface area is 188 Å². The molecule has 1 aliphatic rings. The highest BCUT2D eigenvalue weighted by atomic mass is 35.5. The number of aromatic nitrogens is 6. The Bertz CT molecular complexity index is 1440. The van der Waals surface area contributed by atoms with Crippen molar-refractivity contribution in [3.8, 4) is 17.1 Å². The molecule has 160 valence electrons. The monoisotopic (exact) mass is 445 g/mol. The molecule has 3 aromatic heterocycles. The lowest BCUT2D eigenvalue weighted by Gasteiger charge is -2.29. The third-order valence-electron chi connectivity index (χ3n) is 5.90. The van der Waals surface area contributed by atoms with E-state index in [1.165, 1.54) is 0 Å². The first-order valence-corrected chi connectivity index (χ1v) is 10.8. The Morgan fingerprint density at radius 2 is 1.97 bits per heavy atom. The number of aromatic amines is 1. The zero-order valence-electron chi connectivity index (χ0n) is 17.4. The van der Waals surface area contributed by atoms with Crippen LogP contribution in [0.25, 0.3) is 39.0 Å². The molecule has 0 radical (unpaired) electrons. The Morgan fingerprint density at radius 1 is 1.09 bits per heavy atom. The van der Waals surface area contributed by atoms with Gasteiger partial charge in [-0.25, -0.2) is 4.98 Å². The van der Waals surface area contributed by atoms with E-state index >= 15 is 0 Å². The zero-order valence-corrected chi connectivity index (χ0v) is 18.2. The van der Waals surface area contributed by atoms with Gasteiger partial charge in [0.1, 0.15) is 17.7 Å². The summed E-state index contributed by atoms with van der Waals surface area (Å²) in [6.07, 6.45) is 3.38. The average molecular weight is 446 g/mol. The summed E-state index contributed by atoms with van der Waals surface area (Å²) in [4.78, 5) is 14.9. The molecule has 5 aromatic rings. The zero-order chi connectivity index (χ0) is 21.7. The molecule has 1 N–H and O–H groups in total. The fourth-order valence-corrected chi connectivity index (χ4v) is 4.65. The number of morpholine rings is 1. The molecule has 1 fully saturated rings. The molecule has 0 atom stereocenters. The van der Waals surface area contributed by atoms with Gasteiger partial charge in [0.15, 0.2) is 5.82 Å². The lowest BCUT2D eigenvalue weighted by Crippen LogP contribution is -2.36. The number of anilines is 1. The summed E-state index contributed by atoms with van der Waals surface area (Å²) in [7, 11) is 0. The van der Waals surface area contributed by atoms with Crippen LogP contribution in [0, 0.1) is 6.92 Å². The Morgan fingerprint density at radius 3 is 2.78 bits per heavy atom. The fraction of sp³-hybridized carbons (Fsp3) is 0.217. The minimum Gasteiger partial charge on any atom is -0.378 e. The van der Waals surface area contributed by atoms with Crippen molar-refractivity contribution in [3.63, 3.8) is 0 Å². The molecule has 0 spiro atoms. The van der Waals surface area contributed by atoms with Gasteiger partial charge in [0, 0.05) is 35.9 Å². The summed E-state index contributed by atoms with van der Waals surface area (Å²) in [5.74, 6) is 1.56. The van der Waals surface area contributed by atoms with Crippen LogP contribution in [0.3, 0.4) is 0 Å². The smallest absolute Gasteiger partial charge is 0.163 e. The first kappa shape index (κ1) is 19.2. The van der Waals surface area contributed by atoms with Gasteiger partial charge in [0.05, 0.1) is 35.0 Å². The maximum atomic E-state index is 6.44. The van der Waals surface area contributed by atoms with Crippen molar-refractivity contribution in [1.82, 2.24) is 29.7 Å². The average Bonchev–Trinajstić information content (AvgIpc) is 3.47. The summed E-state index contributed by atoms with van der Waals surface area (Å²) < 4.78 is 7.73. The number of ether oxygens (including phenoxy) is 1. The molecule has 2 aromatic carbocycles. The maximum Gasteiger partial charge on any atom is 0.163 e. The van der Waals surface area contributed by atoms with E-state index in [0.29, 0.717) is 24.1 Å². The van der Waals surface area contributed by atoms with E-state index in [9.17, 15) is 0 Å². The number of pyridine rings is 1. The van der Waals surface area contributed by atoms with Crippen molar-refractivity contribution in [2.45, 2.75) is 6.92 Å². The van der Waals surface area contributed by atoms with E-state index in [1.54, 1.807) is 12.5 Å². The van der Waals surface area contributed by atoms with Gasteiger partial charge in [0.25, 0.3) is 0 Å². The van der Waals surface area contributed by atoms with Gasteiger partial charge >= 0.3 is 0 Å². The van der Waals surface area contributed by atoms with Gasteiger partial charge < -0.3 is 14.6 Å². The lowest BCUT2D eigenvalue weighted by atomic mass is 10.1. The van der Waals surface area contributed by atoms with Crippen LogP contribution in [0.4, 0.5) is 5.69 Å². The molecule has 6 rings (SSSR count). The minimum absolute atomic E-state index is 0.628. The molecule has 0 unspecified atom stereocenters. The molecule has 0 bridgehead atoms. The van der Waals surface area contributed by atoms with Gasteiger partial charge in [-0.2, -0.15) is 0 Å². The third-order valence-corrected chi connectivity index (χ3v) is 6.21. The number of H-pyrrole nitrogens is 1. The highest BCUT2D eigenvalue weighted by Crippen LogP contribution is 2.36. The minimum atomic E-state index is 0.628. The van der Waals surface area contributed by atoms with E-state index in [2.05, 4.69) is 41.8 Å². The van der Waals surface area contributed by atoms with E-state index in [4.69, 9.17) is 21.3 Å². The lowest BCUT2D eigenvalue weighted by molar-refractivity contribution is 0.122. The molecule has 4 heterocycles. The van der Waals surface area contributed by atoms with Crippen molar-refractivity contribution in [3.05, 3.63) is 59.8 Å². The first-order chi connectivity index (χ1) is 15.7. The van der Waals surface area contributed by atoms with E-state index in [-0.39, 0.29) is 0 Å². The molecule has 1 aliphatic heterocycles. The fourth-order valence-electron chi connectivity index (χ4n) is 4.42. The molecular weight excluding hydrogens is 426 g/mol. The number of halogens is 1. The van der Waals surface area contributed by atoms with Crippen molar-refractivity contribution >= 4 is 39.2 Å². The number of fused-ring (bicyclic) bond motifs is 2. The number of nitrogens with one attached hydrogen (secondary N) is 1. The largest absolute Gasteiger partial charge is 0.378 e. The highest BCUT2D eigenvalue weighted by molar-refractivity contribution is 6.35. The van der Waals surface area contributed by atoms with Gasteiger partial charge in [0.2, 0.25) is 0 Å². The normalized spacial score (nSPS) is 14.5. The summed E-state index contributed by atoms with van der Waals surface area (Å²) in [5.41, 5.74) is 5.63. The SMILES string of the molecule is Cc1nc2c(-c3nnc[nH]3)cc(N3CCOCC3)cc2n1-c1ccnc2c(Cl)cccc12. The molecule has 8 nitrogen and oxygen atoms in total. The third kappa shape index (κ3) is 3.03. The van der Waals surface area contributed by atoms with Crippen molar-refractivity contribution in [2.24, 2.45) is 0 Å². The molecule has 0 amide bonds. The molecule has 32 heavy (non-hydrogen) atoms. The summed E-state index contributed by atoms with van der Waals surface area (Å²) in [6, 6.07) is 12.2. The van der Waals surface area contributed by atoms with Gasteiger partial charge in [-0.15, -0.1) is 10.2 Å². The van der Waals surface area contributed by atoms with Crippen LogP contribution >= 0.6 is 11.6 Å². The molecule has 0 aliphatic carbocycles. The summed E-state index contributed by atoms with van der Waals surface area (Å²) in [5, 5.41) is 9.86. The van der Waals surface area contributed by atoms with Crippen LogP contribution in [-0.4, -0.2) is 56.0 Å². The topological polar surface area (TPSA) is 84.8 Å². The first-order valence-electron chi connectivity index (χ1n) is 10.5. The Kier molecular flexibility index (Phi) is 4.55. The predicted octanol–water partition coefficient (Wildman–Crippen LogP) is 4.16. The van der Waals surface area contributed by atoms with E-state index < -0.39 is 0 Å². The standard InChI is InChI=1S/C23H20ClN7O/c1-14-28-22-17(23-26-13-27-29-23)11-15(30-7-9-32-10-8-30)12-20(22)31(14)19-5-6-25-21-16(19)3-2-4-18(21)24/h2-6,11-13H,7-10H2,1H3,(H,26,27,29). The van der Waals surface area contributed by atoms with Gasteiger partial charge in [-0.05, 0) is 31.2 Å². The van der Waals surface area contributed by atoms with Crippen LogP contribution in [0.5, 0.6) is 0 Å². The molecule has 9 heteroatoms. The second kappa shape index (κ2) is 7.58. The predicted molar refractivity (Wildman–Crippen MR) is 125 cm³/mol. The Hall–Kier alpha value is -3.49. The number of aryl methyl sites for hydroxylation is 1. The van der Waals surface area contributed by atoms with Crippen LogP contribution in [-0.2, 0) is 4.74 Å². The van der Waals surface area contributed by atoms with Crippen LogP contribution < -0.4 is 4.90 Å². The number of nitrogens with zero attached hydrogens (tertiary/aromatic N) is 6. The number of hydrogen-bond acceptors (Lipinski definition) is 6. The second-order valence-corrected chi connectivity index (χ2v) is 8.17. The Balaban J connectivity index is 1.66. The van der Waals surface area contributed by atoms with Crippen LogP contribution in [0.15, 0.2) is 48.9 Å². The van der Waals surface area contributed by atoms with E-state index in [1.807, 2.05) is 31.2 Å². The van der Waals surface area contributed by atoms with Gasteiger partial charge in [-0.1, -0.05) is 23.7 Å². The number of hydrogen-bond donors (Lipinski definition) is 1. The van der Waals surface area contributed by atoms with E-state index in [0.717, 1.165) is 57.8 Å². The molecular formula is C23H20ClN7O. The number of rotatable bonds is 3. The van der Waals surface area contributed by atoms with Crippen LogP contribution in [0.2, 0.25) is 5.02 Å². The van der Waals surface area contributed by atoms with Crippen molar-refractivity contribution in [2.75, 3.05) is 31.2 Å². The molecule has 1 saturated heterocycles. The second-order valence-electron chi connectivity index (χ2n) is 7.76. The maximum absolute atomic E-state index is 6.44. The number of para-hydroxylation sites is 1. The van der Waals surface area contributed by atoms with Crippen molar-refractivity contribution in [1.29, 1.82) is 0 Å². The van der Waals surface area contributed by atoms with Crippen molar-refractivity contribution < 1.29 is 4.74 Å². The van der Waals surface area contributed by atoms with Gasteiger partial charge in [-0.3, -0.25) is 9.55 Å². The number of imidazole rings is 1. The highest BCUT2D eigenvalue weighted by Gasteiger charge is 2.21. The number of benzene rings is 2. The summed E-state index contributed by atoms with van der Waals surface area (Å²) >= 11 is 6.44. The quantitative estimate of drug-likeness (QED) is 0.449. The summed E-state index contributed by atoms with van der Waals surface area (Å²) in [6.45, 7) is 5.10. The molecule has 0 saturated carbocycles. The van der Waals surface area contributed by atoms with Crippen LogP contribution in [0.1, 0.15) is 5.82 Å².